The summed E-state index contributed by atoms with van der Waals surface area (Å²) in [4.78, 5) is 24.8. The van der Waals surface area contributed by atoms with Crippen LogP contribution >= 0.6 is 0 Å². The van der Waals surface area contributed by atoms with E-state index in [0.717, 1.165) is 5.69 Å². The van der Waals surface area contributed by atoms with Gasteiger partial charge in [0.1, 0.15) is 6.10 Å². The number of carboxylic acids is 1. The number of hydrogen-bond acceptors (Lipinski definition) is 4. The predicted octanol–water partition coefficient (Wildman–Crippen LogP) is 1.32. The standard InChI is InChI=1S/C14H18N2O4/c1-16(2)10-6-4-3-5-9(10)15-13(17)11-7-8-12(20-11)14(18)19/h3-6,11-12H,7-8H2,1-2H3,(H,15,17)(H,18,19). The van der Waals surface area contributed by atoms with E-state index in [1.54, 1.807) is 6.07 Å². The van der Waals surface area contributed by atoms with Crippen molar-refractivity contribution in [3.63, 3.8) is 0 Å². The van der Waals surface area contributed by atoms with E-state index in [0.29, 0.717) is 18.5 Å². The van der Waals surface area contributed by atoms with Gasteiger partial charge in [-0.2, -0.15) is 0 Å². The molecular weight excluding hydrogens is 260 g/mol. The van der Waals surface area contributed by atoms with Crippen molar-refractivity contribution in [3.8, 4) is 0 Å². The molecule has 0 aliphatic carbocycles. The SMILES string of the molecule is CN(C)c1ccccc1NC(=O)C1CCC(C(=O)O)O1. The van der Waals surface area contributed by atoms with Crippen LogP contribution in [-0.2, 0) is 14.3 Å². The molecule has 1 heterocycles. The van der Waals surface area contributed by atoms with Crippen LogP contribution in [0, 0.1) is 0 Å². The van der Waals surface area contributed by atoms with Crippen molar-refractivity contribution in [2.24, 2.45) is 0 Å². The van der Waals surface area contributed by atoms with Gasteiger partial charge in [0, 0.05) is 14.1 Å². The Morgan fingerprint density at radius 1 is 1.25 bits per heavy atom. The average molecular weight is 278 g/mol. The summed E-state index contributed by atoms with van der Waals surface area (Å²) in [7, 11) is 3.77. The van der Waals surface area contributed by atoms with E-state index in [1.165, 1.54) is 0 Å². The van der Waals surface area contributed by atoms with E-state index in [1.807, 2.05) is 37.2 Å². The number of aliphatic carboxylic acids is 1. The monoisotopic (exact) mass is 278 g/mol. The minimum absolute atomic E-state index is 0.303. The lowest BCUT2D eigenvalue weighted by molar-refractivity contribution is -0.150. The number of carbonyl (C=O) groups excluding carboxylic acids is 1. The zero-order chi connectivity index (χ0) is 14.7. The molecule has 0 aromatic heterocycles. The van der Waals surface area contributed by atoms with Crippen molar-refractivity contribution in [3.05, 3.63) is 24.3 Å². The Labute approximate surface area is 117 Å². The average Bonchev–Trinajstić information content (AvgIpc) is 2.89. The summed E-state index contributed by atoms with van der Waals surface area (Å²) in [6, 6.07) is 7.41. The first-order chi connectivity index (χ1) is 9.49. The molecule has 20 heavy (non-hydrogen) atoms. The number of nitrogens with one attached hydrogen (secondary N) is 1. The van der Waals surface area contributed by atoms with Crippen LogP contribution in [0.2, 0.25) is 0 Å². The van der Waals surface area contributed by atoms with Crippen LogP contribution in [0.25, 0.3) is 0 Å². The smallest absolute Gasteiger partial charge is 0.332 e. The number of anilines is 2. The van der Waals surface area contributed by atoms with Crippen LogP contribution in [-0.4, -0.2) is 43.3 Å². The van der Waals surface area contributed by atoms with E-state index < -0.39 is 18.2 Å². The van der Waals surface area contributed by atoms with Crippen molar-refractivity contribution < 1.29 is 19.4 Å². The number of carbonyl (C=O) groups is 2. The van der Waals surface area contributed by atoms with Crippen molar-refractivity contribution in [1.82, 2.24) is 0 Å². The van der Waals surface area contributed by atoms with Gasteiger partial charge in [-0.15, -0.1) is 0 Å². The molecule has 1 aliphatic heterocycles. The predicted molar refractivity (Wildman–Crippen MR) is 74.9 cm³/mol. The maximum atomic E-state index is 12.1. The maximum Gasteiger partial charge on any atom is 0.332 e. The van der Waals surface area contributed by atoms with Gasteiger partial charge in [0.25, 0.3) is 5.91 Å². The third-order valence-electron chi connectivity index (χ3n) is 3.23. The van der Waals surface area contributed by atoms with Gasteiger partial charge in [-0.25, -0.2) is 4.79 Å². The Kier molecular flexibility index (Phi) is 4.24. The van der Waals surface area contributed by atoms with E-state index in [2.05, 4.69) is 5.32 Å². The molecule has 0 saturated carbocycles. The molecule has 2 unspecified atom stereocenters. The Morgan fingerprint density at radius 2 is 1.90 bits per heavy atom. The number of para-hydroxylation sites is 2. The molecule has 1 saturated heterocycles. The molecule has 0 radical (unpaired) electrons. The van der Waals surface area contributed by atoms with Crippen molar-refractivity contribution in [2.75, 3.05) is 24.3 Å². The molecular formula is C14H18N2O4. The van der Waals surface area contributed by atoms with Gasteiger partial charge >= 0.3 is 5.97 Å². The maximum absolute atomic E-state index is 12.1. The van der Waals surface area contributed by atoms with Crippen LogP contribution in [0.5, 0.6) is 0 Å². The van der Waals surface area contributed by atoms with Gasteiger partial charge in [0.05, 0.1) is 11.4 Å². The van der Waals surface area contributed by atoms with E-state index in [4.69, 9.17) is 9.84 Å². The third kappa shape index (κ3) is 3.08. The highest BCUT2D eigenvalue weighted by Crippen LogP contribution is 2.26. The number of benzene rings is 1. The lowest BCUT2D eigenvalue weighted by atomic mass is 10.2. The fraction of sp³-hybridized carbons (Fsp3) is 0.429. The number of carboxylic acid groups (broad SMARTS) is 1. The minimum atomic E-state index is -1.02. The lowest BCUT2D eigenvalue weighted by Crippen LogP contribution is -2.30. The van der Waals surface area contributed by atoms with Gasteiger partial charge in [0.15, 0.2) is 6.10 Å². The van der Waals surface area contributed by atoms with Crippen LogP contribution in [0.3, 0.4) is 0 Å². The number of hydrogen-bond donors (Lipinski definition) is 2. The first-order valence-electron chi connectivity index (χ1n) is 6.44. The topological polar surface area (TPSA) is 78.9 Å². The van der Waals surface area contributed by atoms with Crippen LogP contribution in [0.15, 0.2) is 24.3 Å². The van der Waals surface area contributed by atoms with Gasteiger partial charge in [-0.05, 0) is 25.0 Å². The molecule has 1 aliphatic rings. The highest BCUT2D eigenvalue weighted by molar-refractivity contribution is 5.97. The third-order valence-corrected chi connectivity index (χ3v) is 3.23. The Bertz CT molecular complexity index is 516. The fourth-order valence-corrected chi connectivity index (χ4v) is 2.19. The zero-order valence-corrected chi connectivity index (χ0v) is 11.5. The summed E-state index contributed by atoms with van der Waals surface area (Å²) in [5, 5.41) is 11.7. The molecule has 6 heteroatoms. The minimum Gasteiger partial charge on any atom is -0.479 e. The normalized spacial score (nSPS) is 21.5. The molecule has 6 nitrogen and oxygen atoms in total. The zero-order valence-electron chi connectivity index (χ0n) is 11.5. The highest BCUT2D eigenvalue weighted by atomic mass is 16.5. The van der Waals surface area contributed by atoms with E-state index in [-0.39, 0.29) is 5.91 Å². The van der Waals surface area contributed by atoms with E-state index in [9.17, 15) is 9.59 Å². The second-order valence-electron chi connectivity index (χ2n) is 4.93. The number of rotatable bonds is 4. The Morgan fingerprint density at radius 3 is 2.50 bits per heavy atom. The number of ether oxygens (including phenoxy) is 1. The summed E-state index contributed by atoms with van der Waals surface area (Å²) < 4.78 is 5.23. The molecule has 1 fully saturated rings. The molecule has 0 bridgehead atoms. The van der Waals surface area contributed by atoms with E-state index >= 15 is 0 Å². The van der Waals surface area contributed by atoms with Gasteiger partial charge in [0.2, 0.25) is 0 Å². The van der Waals surface area contributed by atoms with Crippen LogP contribution < -0.4 is 10.2 Å². The summed E-state index contributed by atoms with van der Waals surface area (Å²) >= 11 is 0. The lowest BCUT2D eigenvalue weighted by Gasteiger charge is -2.19. The van der Waals surface area contributed by atoms with Crippen molar-refractivity contribution in [2.45, 2.75) is 25.0 Å². The van der Waals surface area contributed by atoms with Crippen molar-refractivity contribution >= 4 is 23.3 Å². The largest absolute Gasteiger partial charge is 0.479 e. The van der Waals surface area contributed by atoms with Gasteiger partial charge < -0.3 is 20.1 Å². The van der Waals surface area contributed by atoms with Crippen molar-refractivity contribution in [1.29, 1.82) is 0 Å². The Balaban J connectivity index is 2.04. The summed E-state index contributed by atoms with van der Waals surface area (Å²) in [5.41, 5.74) is 1.57. The van der Waals surface area contributed by atoms with Crippen LogP contribution in [0.4, 0.5) is 11.4 Å². The number of nitrogens with zero attached hydrogens (tertiary/aromatic N) is 1. The molecule has 1 aromatic rings. The molecule has 108 valence electrons. The molecule has 2 rings (SSSR count). The fourth-order valence-electron chi connectivity index (χ4n) is 2.19. The molecule has 2 N–H and O–H groups in total. The first-order valence-corrected chi connectivity index (χ1v) is 6.44. The second kappa shape index (κ2) is 5.92. The molecule has 1 aromatic carbocycles. The summed E-state index contributed by atoms with van der Waals surface area (Å²) in [6.07, 6.45) is -0.795. The molecule has 0 spiro atoms. The Hall–Kier alpha value is -2.08. The van der Waals surface area contributed by atoms with Gasteiger partial charge in [-0.3, -0.25) is 4.79 Å². The first kappa shape index (κ1) is 14.3. The second-order valence-corrected chi connectivity index (χ2v) is 4.93. The quantitative estimate of drug-likeness (QED) is 0.868. The molecule has 2 atom stereocenters. The summed E-state index contributed by atoms with van der Waals surface area (Å²) in [6.45, 7) is 0. The van der Waals surface area contributed by atoms with Crippen LogP contribution in [0.1, 0.15) is 12.8 Å². The molecule has 1 amide bonds. The summed E-state index contributed by atoms with van der Waals surface area (Å²) in [5.74, 6) is -1.32. The number of amides is 1. The highest BCUT2D eigenvalue weighted by Gasteiger charge is 2.34. The van der Waals surface area contributed by atoms with Gasteiger partial charge in [-0.1, -0.05) is 12.1 Å².